The van der Waals surface area contributed by atoms with Gasteiger partial charge in [-0.25, -0.2) is 8.42 Å². The molecule has 1 fully saturated rings. The van der Waals surface area contributed by atoms with Crippen LogP contribution < -0.4 is 15.2 Å². The molecule has 9 heteroatoms. The van der Waals surface area contributed by atoms with Crippen molar-refractivity contribution in [3.05, 3.63) is 54.1 Å². The zero-order chi connectivity index (χ0) is 19.4. The molecule has 1 unspecified atom stereocenters. The number of carbonyl (C=O) groups excluding carboxylic acids is 1. The van der Waals surface area contributed by atoms with Crippen LogP contribution in [0.3, 0.4) is 0 Å². The SMILES string of the molecule is COc1ccc(S(=O)(=O)Nc2ccccc2C(=O)N2CCC(CN)C2)cc1.Cl. The summed E-state index contributed by atoms with van der Waals surface area (Å²) in [6.07, 6.45) is 0.863. The van der Waals surface area contributed by atoms with Gasteiger partial charge in [0.05, 0.1) is 23.3 Å². The van der Waals surface area contributed by atoms with Gasteiger partial charge in [-0.1, -0.05) is 12.1 Å². The number of methoxy groups -OCH3 is 1. The maximum absolute atomic E-state index is 12.9. The number of hydrogen-bond acceptors (Lipinski definition) is 5. The lowest BCUT2D eigenvalue weighted by molar-refractivity contribution is 0.0788. The number of benzene rings is 2. The van der Waals surface area contributed by atoms with Crippen LogP contribution in [0.15, 0.2) is 53.4 Å². The third-order valence-electron chi connectivity index (χ3n) is 4.68. The third kappa shape index (κ3) is 4.76. The maximum atomic E-state index is 12.9. The van der Waals surface area contributed by atoms with Crippen LogP contribution in [0.5, 0.6) is 5.75 Å². The molecule has 3 rings (SSSR count). The molecule has 7 nitrogen and oxygen atoms in total. The molecule has 0 bridgehead atoms. The Bertz CT molecular complexity index is 919. The Kier molecular flexibility index (Phi) is 7.29. The number of rotatable bonds is 6. The highest BCUT2D eigenvalue weighted by atomic mass is 35.5. The summed E-state index contributed by atoms with van der Waals surface area (Å²) in [5, 5.41) is 0. The number of likely N-dealkylation sites (tertiary alicyclic amines) is 1. The van der Waals surface area contributed by atoms with Crippen molar-refractivity contribution in [1.82, 2.24) is 4.90 Å². The second-order valence-electron chi connectivity index (χ2n) is 6.47. The Morgan fingerprint density at radius 2 is 1.89 bits per heavy atom. The van der Waals surface area contributed by atoms with Crippen LogP contribution >= 0.6 is 12.4 Å². The van der Waals surface area contributed by atoms with Gasteiger partial charge in [0.15, 0.2) is 0 Å². The molecule has 1 aliphatic rings. The zero-order valence-electron chi connectivity index (χ0n) is 15.5. The molecule has 1 atom stereocenters. The largest absolute Gasteiger partial charge is 0.497 e. The first-order chi connectivity index (χ1) is 12.9. The van der Waals surface area contributed by atoms with E-state index in [4.69, 9.17) is 10.5 Å². The summed E-state index contributed by atoms with van der Waals surface area (Å²) in [6, 6.07) is 12.7. The minimum Gasteiger partial charge on any atom is -0.497 e. The summed E-state index contributed by atoms with van der Waals surface area (Å²) < 4.78 is 33.0. The number of nitrogens with two attached hydrogens (primary N) is 1. The van der Waals surface area contributed by atoms with E-state index in [1.807, 2.05) is 0 Å². The van der Waals surface area contributed by atoms with Gasteiger partial charge in [-0.05, 0) is 55.3 Å². The van der Waals surface area contributed by atoms with Crippen LogP contribution in [0.2, 0.25) is 0 Å². The van der Waals surface area contributed by atoms with E-state index < -0.39 is 10.0 Å². The number of nitrogens with one attached hydrogen (secondary N) is 1. The predicted octanol–water partition coefficient (Wildman–Crippen LogP) is 2.34. The highest BCUT2D eigenvalue weighted by Gasteiger charge is 2.28. The summed E-state index contributed by atoms with van der Waals surface area (Å²) in [5.74, 6) is 0.657. The molecule has 1 aliphatic heterocycles. The Balaban J connectivity index is 0.00000280. The molecule has 0 spiro atoms. The smallest absolute Gasteiger partial charge is 0.261 e. The number of anilines is 1. The van der Waals surface area contributed by atoms with E-state index in [-0.39, 0.29) is 34.8 Å². The Hall–Kier alpha value is -2.29. The van der Waals surface area contributed by atoms with E-state index >= 15 is 0 Å². The summed E-state index contributed by atoms with van der Waals surface area (Å²) in [4.78, 5) is 14.7. The second-order valence-corrected chi connectivity index (χ2v) is 8.15. The van der Waals surface area contributed by atoms with Gasteiger partial charge in [0, 0.05) is 13.1 Å². The van der Waals surface area contributed by atoms with Gasteiger partial charge in [0.1, 0.15) is 5.75 Å². The van der Waals surface area contributed by atoms with Crippen molar-refractivity contribution in [3.63, 3.8) is 0 Å². The molecular weight excluding hydrogens is 402 g/mol. The number of halogens is 1. The number of nitrogens with zero attached hydrogens (tertiary/aromatic N) is 1. The average molecular weight is 426 g/mol. The summed E-state index contributed by atoms with van der Waals surface area (Å²) in [5.41, 5.74) is 6.28. The number of ether oxygens (including phenoxy) is 1. The Morgan fingerprint density at radius 3 is 2.50 bits per heavy atom. The van der Waals surface area contributed by atoms with Crippen LogP contribution in [0.25, 0.3) is 0 Å². The minimum atomic E-state index is -3.83. The molecule has 28 heavy (non-hydrogen) atoms. The fraction of sp³-hybridized carbons (Fsp3) is 0.316. The first kappa shape index (κ1) is 22.0. The first-order valence-electron chi connectivity index (χ1n) is 8.70. The van der Waals surface area contributed by atoms with E-state index in [2.05, 4.69) is 4.72 Å². The highest BCUT2D eigenvalue weighted by molar-refractivity contribution is 7.92. The lowest BCUT2D eigenvalue weighted by Crippen LogP contribution is -2.30. The van der Waals surface area contributed by atoms with E-state index in [9.17, 15) is 13.2 Å². The fourth-order valence-corrected chi connectivity index (χ4v) is 4.18. The number of amides is 1. The molecule has 1 saturated heterocycles. The summed E-state index contributed by atoms with van der Waals surface area (Å²) >= 11 is 0. The molecule has 0 aliphatic carbocycles. The van der Waals surface area contributed by atoms with Gasteiger partial charge in [-0.15, -0.1) is 12.4 Å². The standard InChI is InChI=1S/C19H23N3O4S.ClH/c1-26-15-6-8-16(9-7-15)27(24,25)21-18-5-3-2-4-17(18)19(23)22-11-10-14(12-20)13-22;/h2-9,14,21H,10-13,20H2,1H3;1H. The van der Waals surface area contributed by atoms with Crippen molar-refractivity contribution in [2.75, 3.05) is 31.5 Å². The molecule has 1 amide bonds. The van der Waals surface area contributed by atoms with Crippen molar-refractivity contribution in [2.24, 2.45) is 11.7 Å². The summed E-state index contributed by atoms with van der Waals surface area (Å²) in [6.45, 7) is 1.75. The molecule has 2 aromatic carbocycles. The van der Waals surface area contributed by atoms with Crippen molar-refractivity contribution < 1.29 is 17.9 Å². The van der Waals surface area contributed by atoms with Crippen molar-refractivity contribution >= 4 is 34.0 Å². The Morgan fingerprint density at radius 1 is 1.21 bits per heavy atom. The van der Waals surface area contributed by atoms with E-state index in [0.29, 0.717) is 30.9 Å². The van der Waals surface area contributed by atoms with Gasteiger partial charge in [-0.3, -0.25) is 9.52 Å². The van der Waals surface area contributed by atoms with Crippen LogP contribution in [0.1, 0.15) is 16.8 Å². The normalized spacial score (nSPS) is 16.4. The van der Waals surface area contributed by atoms with Crippen molar-refractivity contribution in [1.29, 1.82) is 0 Å². The fourth-order valence-electron chi connectivity index (χ4n) is 3.10. The number of sulfonamides is 1. The number of carbonyl (C=O) groups is 1. The predicted molar refractivity (Wildman–Crippen MR) is 111 cm³/mol. The average Bonchev–Trinajstić information content (AvgIpc) is 3.17. The number of para-hydroxylation sites is 1. The van der Waals surface area contributed by atoms with Crippen LogP contribution in [-0.4, -0.2) is 46.0 Å². The zero-order valence-corrected chi connectivity index (χ0v) is 17.1. The lowest BCUT2D eigenvalue weighted by atomic mass is 10.1. The monoisotopic (exact) mass is 425 g/mol. The molecule has 0 radical (unpaired) electrons. The second kappa shape index (κ2) is 9.27. The molecular formula is C19H24ClN3O4S. The van der Waals surface area contributed by atoms with E-state index in [1.54, 1.807) is 41.3 Å². The van der Waals surface area contributed by atoms with Gasteiger partial charge in [0.2, 0.25) is 0 Å². The number of hydrogen-bond donors (Lipinski definition) is 2. The van der Waals surface area contributed by atoms with Crippen LogP contribution in [0.4, 0.5) is 5.69 Å². The molecule has 2 aromatic rings. The molecule has 0 saturated carbocycles. The van der Waals surface area contributed by atoms with Crippen LogP contribution in [-0.2, 0) is 10.0 Å². The quantitative estimate of drug-likeness (QED) is 0.739. The van der Waals surface area contributed by atoms with Gasteiger partial charge in [-0.2, -0.15) is 0 Å². The molecule has 1 heterocycles. The van der Waals surface area contributed by atoms with E-state index in [1.165, 1.54) is 19.2 Å². The third-order valence-corrected chi connectivity index (χ3v) is 6.06. The topological polar surface area (TPSA) is 102 Å². The van der Waals surface area contributed by atoms with Gasteiger partial charge < -0.3 is 15.4 Å². The molecule has 0 aromatic heterocycles. The lowest BCUT2D eigenvalue weighted by Gasteiger charge is -2.19. The summed E-state index contributed by atoms with van der Waals surface area (Å²) in [7, 11) is -2.32. The Labute approximate surface area is 171 Å². The molecule has 152 valence electrons. The van der Waals surface area contributed by atoms with Crippen molar-refractivity contribution in [3.8, 4) is 5.75 Å². The highest BCUT2D eigenvalue weighted by Crippen LogP contribution is 2.25. The van der Waals surface area contributed by atoms with Gasteiger partial charge >= 0.3 is 0 Å². The van der Waals surface area contributed by atoms with Crippen LogP contribution in [0, 0.1) is 5.92 Å². The first-order valence-corrected chi connectivity index (χ1v) is 10.2. The maximum Gasteiger partial charge on any atom is 0.261 e. The molecule has 3 N–H and O–H groups in total. The minimum absolute atomic E-state index is 0. The van der Waals surface area contributed by atoms with E-state index in [0.717, 1.165) is 6.42 Å². The van der Waals surface area contributed by atoms with Crippen molar-refractivity contribution in [2.45, 2.75) is 11.3 Å². The van der Waals surface area contributed by atoms with Gasteiger partial charge in [0.25, 0.3) is 15.9 Å².